The lowest BCUT2D eigenvalue weighted by Gasteiger charge is -2.31. The third kappa shape index (κ3) is 4.89. The van der Waals surface area contributed by atoms with Crippen LogP contribution in [0.25, 0.3) is 10.9 Å². The van der Waals surface area contributed by atoms with Gasteiger partial charge in [-0.2, -0.15) is 0 Å². The second-order valence-electron chi connectivity index (χ2n) is 7.70. The van der Waals surface area contributed by atoms with Gasteiger partial charge < -0.3 is 14.5 Å². The molecule has 1 heterocycles. The molecule has 1 unspecified atom stereocenters. The summed E-state index contributed by atoms with van der Waals surface area (Å²) >= 11 is 6.06. The third-order valence-corrected chi connectivity index (χ3v) is 5.53. The van der Waals surface area contributed by atoms with E-state index in [9.17, 15) is 9.59 Å². The molecule has 0 saturated carbocycles. The highest BCUT2D eigenvalue weighted by Crippen LogP contribution is 2.23. The first-order valence-corrected chi connectivity index (χ1v) is 10.4. The van der Waals surface area contributed by atoms with E-state index in [1.165, 1.54) is 4.57 Å². The summed E-state index contributed by atoms with van der Waals surface area (Å²) in [6.07, 6.45) is 0. The van der Waals surface area contributed by atoms with Gasteiger partial charge in [-0.1, -0.05) is 11.6 Å². The molecule has 0 radical (unpaired) electrons. The van der Waals surface area contributed by atoms with Gasteiger partial charge in [0.05, 0.1) is 24.1 Å². The predicted molar refractivity (Wildman–Crippen MR) is 123 cm³/mol. The molecule has 0 spiro atoms. The minimum absolute atomic E-state index is 0.137. The van der Waals surface area contributed by atoms with Crippen LogP contribution in [-0.2, 0) is 7.05 Å². The van der Waals surface area contributed by atoms with Gasteiger partial charge in [-0.15, -0.1) is 0 Å². The summed E-state index contributed by atoms with van der Waals surface area (Å²) in [6, 6.07) is 11.6. The molecule has 3 rings (SSSR count). The molecular formula is C23H27ClN4O3. The predicted octanol–water partition coefficient (Wildman–Crippen LogP) is 3.36. The Morgan fingerprint density at radius 3 is 2.45 bits per heavy atom. The highest BCUT2D eigenvalue weighted by molar-refractivity contribution is 6.31. The Bertz CT molecular complexity index is 1140. The van der Waals surface area contributed by atoms with Crippen molar-refractivity contribution in [1.29, 1.82) is 0 Å². The van der Waals surface area contributed by atoms with Crippen molar-refractivity contribution in [3.8, 4) is 5.75 Å². The van der Waals surface area contributed by atoms with E-state index in [4.69, 9.17) is 21.3 Å². The number of likely N-dealkylation sites (N-methyl/N-ethyl adjacent to an activating group) is 1. The van der Waals surface area contributed by atoms with E-state index in [0.717, 1.165) is 0 Å². The summed E-state index contributed by atoms with van der Waals surface area (Å²) in [4.78, 5) is 34.8. The number of hydrogen-bond acceptors (Lipinski definition) is 5. The lowest BCUT2D eigenvalue weighted by atomic mass is 10.1. The number of aromatic nitrogens is 2. The summed E-state index contributed by atoms with van der Waals surface area (Å²) in [5.74, 6) is 1.06. The van der Waals surface area contributed by atoms with Crippen LogP contribution in [0.4, 0.5) is 0 Å². The number of ether oxygens (including phenoxy) is 1. The van der Waals surface area contributed by atoms with E-state index >= 15 is 0 Å². The zero-order chi connectivity index (χ0) is 22.7. The van der Waals surface area contributed by atoms with Gasteiger partial charge in [-0.25, -0.2) is 4.98 Å². The van der Waals surface area contributed by atoms with Crippen molar-refractivity contribution in [1.82, 2.24) is 19.4 Å². The molecule has 0 bridgehead atoms. The molecule has 7 nitrogen and oxygen atoms in total. The van der Waals surface area contributed by atoms with E-state index in [2.05, 4.69) is 0 Å². The third-order valence-electron chi connectivity index (χ3n) is 5.30. The molecule has 0 aliphatic carbocycles. The first-order valence-electron chi connectivity index (χ1n) is 9.99. The fourth-order valence-corrected chi connectivity index (χ4v) is 3.62. The number of methoxy groups -OCH3 is 1. The van der Waals surface area contributed by atoms with Gasteiger partial charge in [-0.05, 0) is 63.5 Å². The normalized spacial score (nSPS) is 12.2. The van der Waals surface area contributed by atoms with Crippen molar-refractivity contribution in [3.63, 3.8) is 0 Å². The van der Waals surface area contributed by atoms with Gasteiger partial charge >= 0.3 is 0 Å². The first kappa shape index (κ1) is 22.8. The average Bonchev–Trinajstić information content (AvgIpc) is 2.76. The van der Waals surface area contributed by atoms with E-state index in [1.807, 2.05) is 25.9 Å². The van der Waals surface area contributed by atoms with Crippen LogP contribution in [0.3, 0.4) is 0 Å². The van der Waals surface area contributed by atoms with Crippen molar-refractivity contribution >= 4 is 28.4 Å². The number of fused-ring (bicyclic) bond motifs is 1. The van der Waals surface area contributed by atoms with Crippen molar-refractivity contribution in [2.45, 2.75) is 13.0 Å². The van der Waals surface area contributed by atoms with E-state index < -0.39 is 6.04 Å². The summed E-state index contributed by atoms with van der Waals surface area (Å²) in [7, 11) is 7.16. The second kappa shape index (κ2) is 9.49. The van der Waals surface area contributed by atoms with Crippen molar-refractivity contribution in [2.24, 2.45) is 7.05 Å². The van der Waals surface area contributed by atoms with Gasteiger partial charge in [0, 0.05) is 30.7 Å². The Kier molecular flexibility index (Phi) is 6.97. The topological polar surface area (TPSA) is 67.7 Å². The molecular weight excluding hydrogens is 416 g/mol. The zero-order valence-electron chi connectivity index (χ0n) is 18.4. The fraction of sp³-hybridized carbons (Fsp3) is 0.348. The monoisotopic (exact) mass is 442 g/mol. The smallest absolute Gasteiger partial charge is 0.261 e. The first-order chi connectivity index (χ1) is 14.7. The number of benzene rings is 2. The maximum atomic E-state index is 13.4. The minimum Gasteiger partial charge on any atom is -0.497 e. The molecule has 2 aromatic carbocycles. The second-order valence-corrected chi connectivity index (χ2v) is 8.14. The van der Waals surface area contributed by atoms with E-state index in [-0.39, 0.29) is 11.5 Å². The highest BCUT2D eigenvalue weighted by Gasteiger charge is 2.26. The fourth-order valence-electron chi connectivity index (χ4n) is 3.45. The number of rotatable bonds is 7. The quantitative estimate of drug-likeness (QED) is 0.561. The van der Waals surface area contributed by atoms with Crippen LogP contribution in [0.15, 0.2) is 47.3 Å². The van der Waals surface area contributed by atoms with Crippen LogP contribution >= 0.6 is 11.6 Å². The Hall–Kier alpha value is -2.90. The molecule has 0 saturated heterocycles. The molecule has 8 heteroatoms. The molecule has 0 aliphatic heterocycles. The lowest BCUT2D eigenvalue weighted by Crippen LogP contribution is -2.40. The molecule has 1 aromatic heterocycles. The SMILES string of the molecule is COc1ccc(C(=O)N(CCN(C)C)C(C)c2nc3ccc(Cl)cc3c(=O)n2C)cc1. The lowest BCUT2D eigenvalue weighted by molar-refractivity contribution is 0.0666. The average molecular weight is 443 g/mol. The maximum absolute atomic E-state index is 13.4. The van der Waals surface area contributed by atoms with Crippen LogP contribution in [-0.4, -0.2) is 59.6 Å². The van der Waals surface area contributed by atoms with Gasteiger partial charge in [0.2, 0.25) is 0 Å². The van der Waals surface area contributed by atoms with Gasteiger partial charge in [-0.3, -0.25) is 14.2 Å². The highest BCUT2D eigenvalue weighted by atomic mass is 35.5. The number of carbonyl (C=O) groups excluding carboxylic acids is 1. The van der Waals surface area contributed by atoms with Crippen LogP contribution in [0, 0.1) is 0 Å². The molecule has 0 N–H and O–H groups in total. The molecule has 1 atom stereocenters. The van der Waals surface area contributed by atoms with Crippen molar-refractivity contribution in [3.05, 3.63) is 69.2 Å². The van der Waals surface area contributed by atoms with Gasteiger partial charge in [0.25, 0.3) is 11.5 Å². The summed E-state index contributed by atoms with van der Waals surface area (Å²) < 4.78 is 6.69. The Morgan fingerprint density at radius 1 is 1.16 bits per heavy atom. The largest absolute Gasteiger partial charge is 0.497 e. The summed E-state index contributed by atoms with van der Waals surface area (Å²) in [5, 5.41) is 0.932. The molecule has 0 fully saturated rings. The molecule has 31 heavy (non-hydrogen) atoms. The number of halogens is 1. The van der Waals surface area contributed by atoms with Crippen molar-refractivity contribution in [2.75, 3.05) is 34.3 Å². The summed E-state index contributed by atoms with van der Waals surface area (Å²) in [6.45, 7) is 3.04. The Balaban J connectivity index is 2.04. The maximum Gasteiger partial charge on any atom is 0.261 e. The Labute approximate surface area is 186 Å². The van der Waals surface area contributed by atoms with E-state index in [0.29, 0.717) is 46.2 Å². The zero-order valence-corrected chi connectivity index (χ0v) is 19.2. The standard InChI is InChI=1S/C23H27ClN4O3/c1-15(21-25-20-11-8-17(24)14-19(20)23(30)27(21)4)28(13-12-26(2)3)22(29)16-6-9-18(31-5)10-7-16/h6-11,14-15H,12-13H2,1-5H3. The molecule has 0 aliphatic rings. The van der Waals surface area contributed by atoms with Gasteiger partial charge in [0.15, 0.2) is 0 Å². The number of carbonyl (C=O) groups is 1. The summed E-state index contributed by atoms with van der Waals surface area (Å²) in [5.41, 5.74) is 0.904. The van der Waals surface area contributed by atoms with Crippen LogP contribution in [0.1, 0.15) is 29.1 Å². The Morgan fingerprint density at radius 2 is 1.84 bits per heavy atom. The van der Waals surface area contributed by atoms with E-state index in [1.54, 1.807) is 61.5 Å². The van der Waals surface area contributed by atoms with Gasteiger partial charge in [0.1, 0.15) is 11.6 Å². The molecule has 3 aromatic rings. The van der Waals surface area contributed by atoms with Crippen LogP contribution in [0.2, 0.25) is 5.02 Å². The number of amides is 1. The number of nitrogens with zero attached hydrogens (tertiary/aromatic N) is 4. The molecule has 164 valence electrons. The van der Waals surface area contributed by atoms with Crippen LogP contribution in [0.5, 0.6) is 5.75 Å². The minimum atomic E-state index is -0.424. The van der Waals surface area contributed by atoms with Crippen LogP contribution < -0.4 is 10.3 Å². The van der Waals surface area contributed by atoms with Crippen molar-refractivity contribution < 1.29 is 9.53 Å². The molecule has 1 amide bonds. The number of hydrogen-bond donors (Lipinski definition) is 0.